The maximum Gasteiger partial charge on any atom is 0.318 e. The Balaban J connectivity index is 1.65. The SMILES string of the molecule is COc1cccc(/C=C2/SC(=O)N(CCc3ccccc3)C2=O)c1Oc1ccc([N+](=O)[O-])cc1[N+](=O)[O-]. The normalized spacial score (nSPS) is 14.2. The molecule has 1 saturated heterocycles. The number of nitrogens with zero attached hydrogens (tertiary/aromatic N) is 3. The number of para-hydroxylation sites is 1. The average Bonchev–Trinajstić information content (AvgIpc) is 3.15. The van der Waals surface area contributed by atoms with Gasteiger partial charge < -0.3 is 9.47 Å². The van der Waals surface area contributed by atoms with Crippen molar-refractivity contribution in [2.45, 2.75) is 6.42 Å². The second-order valence-electron chi connectivity index (χ2n) is 7.72. The summed E-state index contributed by atoms with van der Waals surface area (Å²) in [4.78, 5) is 47.9. The molecule has 1 aliphatic heterocycles. The first kappa shape index (κ1) is 25.4. The van der Waals surface area contributed by atoms with Crippen LogP contribution in [0.2, 0.25) is 0 Å². The van der Waals surface area contributed by atoms with Crippen LogP contribution in [0.15, 0.2) is 71.6 Å². The second-order valence-corrected chi connectivity index (χ2v) is 8.71. The highest BCUT2D eigenvalue weighted by Crippen LogP contribution is 2.42. The Hall–Kier alpha value is -4.71. The van der Waals surface area contributed by atoms with Crippen LogP contribution in [0.5, 0.6) is 17.2 Å². The van der Waals surface area contributed by atoms with Crippen molar-refractivity contribution in [3.63, 3.8) is 0 Å². The van der Waals surface area contributed by atoms with Gasteiger partial charge in [0.05, 0.1) is 27.9 Å². The number of amides is 2. The second kappa shape index (κ2) is 10.9. The fourth-order valence-electron chi connectivity index (χ4n) is 3.59. The zero-order valence-electron chi connectivity index (χ0n) is 19.4. The Kier molecular flexibility index (Phi) is 7.49. The Morgan fingerprint density at radius 2 is 1.70 bits per heavy atom. The highest BCUT2D eigenvalue weighted by atomic mass is 32.2. The van der Waals surface area contributed by atoms with Crippen LogP contribution in [0.4, 0.5) is 16.2 Å². The quantitative estimate of drug-likeness (QED) is 0.200. The van der Waals surface area contributed by atoms with Crippen LogP contribution in [-0.4, -0.2) is 39.5 Å². The summed E-state index contributed by atoms with van der Waals surface area (Å²) in [5, 5.41) is 22.2. The number of carbonyl (C=O) groups is 2. The van der Waals surface area contributed by atoms with Gasteiger partial charge in [-0.1, -0.05) is 42.5 Å². The van der Waals surface area contributed by atoms with E-state index in [9.17, 15) is 29.8 Å². The number of ether oxygens (including phenoxy) is 2. The van der Waals surface area contributed by atoms with Gasteiger partial charge in [-0.3, -0.25) is 34.7 Å². The molecule has 0 atom stereocenters. The number of benzene rings is 3. The van der Waals surface area contributed by atoms with Crippen molar-refractivity contribution in [3.05, 3.63) is 103 Å². The van der Waals surface area contributed by atoms with E-state index in [-0.39, 0.29) is 28.7 Å². The van der Waals surface area contributed by atoms with E-state index < -0.39 is 32.4 Å². The van der Waals surface area contributed by atoms with Crippen LogP contribution < -0.4 is 9.47 Å². The smallest absolute Gasteiger partial charge is 0.318 e. The van der Waals surface area contributed by atoms with Gasteiger partial charge in [-0.2, -0.15) is 0 Å². The lowest BCUT2D eigenvalue weighted by Crippen LogP contribution is -2.30. The average molecular weight is 522 g/mol. The van der Waals surface area contributed by atoms with Crippen molar-refractivity contribution < 1.29 is 28.9 Å². The molecule has 2 amide bonds. The topological polar surface area (TPSA) is 142 Å². The summed E-state index contributed by atoms with van der Waals surface area (Å²) in [6.07, 6.45) is 1.95. The monoisotopic (exact) mass is 521 g/mol. The summed E-state index contributed by atoms with van der Waals surface area (Å²) in [6, 6.07) is 17.2. The van der Waals surface area contributed by atoms with Crippen molar-refractivity contribution in [1.82, 2.24) is 4.90 Å². The molecule has 12 heteroatoms. The first-order valence-electron chi connectivity index (χ1n) is 10.9. The van der Waals surface area contributed by atoms with Gasteiger partial charge in [0.1, 0.15) is 0 Å². The first-order chi connectivity index (χ1) is 17.8. The molecular weight excluding hydrogens is 502 g/mol. The number of rotatable bonds is 9. The number of hydrogen-bond acceptors (Lipinski definition) is 9. The minimum atomic E-state index is -0.796. The maximum atomic E-state index is 13.0. The van der Waals surface area contributed by atoms with E-state index >= 15 is 0 Å². The largest absolute Gasteiger partial charge is 0.493 e. The predicted molar refractivity (Wildman–Crippen MR) is 136 cm³/mol. The molecule has 1 aliphatic rings. The molecule has 1 heterocycles. The molecule has 11 nitrogen and oxygen atoms in total. The molecule has 188 valence electrons. The zero-order valence-corrected chi connectivity index (χ0v) is 20.2. The van der Waals surface area contributed by atoms with E-state index in [1.165, 1.54) is 13.2 Å². The number of thioether (sulfide) groups is 1. The van der Waals surface area contributed by atoms with E-state index in [0.29, 0.717) is 12.0 Å². The molecule has 0 bridgehead atoms. The number of nitro benzene ring substituents is 2. The van der Waals surface area contributed by atoms with Gasteiger partial charge in [0, 0.05) is 18.2 Å². The Bertz CT molecular complexity index is 1420. The van der Waals surface area contributed by atoms with Gasteiger partial charge >= 0.3 is 5.69 Å². The van der Waals surface area contributed by atoms with Crippen LogP contribution in [0.3, 0.4) is 0 Å². The van der Waals surface area contributed by atoms with Gasteiger partial charge in [0.15, 0.2) is 11.5 Å². The summed E-state index contributed by atoms with van der Waals surface area (Å²) < 4.78 is 11.2. The number of hydrogen-bond donors (Lipinski definition) is 0. The molecule has 0 unspecified atom stereocenters. The number of methoxy groups -OCH3 is 1. The molecule has 37 heavy (non-hydrogen) atoms. The van der Waals surface area contributed by atoms with Gasteiger partial charge in [0.2, 0.25) is 5.75 Å². The zero-order chi connectivity index (χ0) is 26.5. The maximum absolute atomic E-state index is 13.0. The van der Waals surface area contributed by atoms with Gasteiger partial charge in [-0.05, 0) is 42.0 Å². The summed E-state index contributed by atoms with van der Waals surface area (Å²) in [5.41, 5.74) is 0.218. The van der Waals surface area contributed by atoms with E-state index in [0.717, 1.165) is 40.4 Å². The van der Waals surface area contributed by atoms with Crippen molar-refractivity contribution in [2.24, 2.45) is 0 Å². The highest BCUT2D eigenvalue weighted by Gasteiger charge is 2.35. The van der Waals surface area contributed by atoms with Gasteiger partial charge in [0.25, 0.3) is 16.8 Å². The Morgan fingerprint density at radius 1 is 0.946 bits per heavy atom. The molecule has 0 N–H and O–H groups in total. The van der Waals surface area contributed by atoms with Crippen molar-refractivity contribution in [2.75, 3.05) is 13.7 Å². The Morgan fingerprint density at radius 3 is 2.38 bits per heavy atom. The molecule has 0 saturated carbocycles. The molecule has 0 spiro atoms. The van der Waals surface area contributed by atoms with Crippen molar-refractivity contribution >= 4 is 40.4 Å². The van der Waals surface area contributed by atoms with Crippen LogP contribution in [0.25, 0.3) is 6.08 Å². The number of non-ortho nitro benzene ring substituents is 1. The fourth-order valence-corrected chi connectivity index (χ4v) is 4.45. The number of carbonyl (C=O) groups excluding carboxylic acids is 2. The van der Waals surface area contributed by atoms with Gasteiger partial charge in [-0.25, -0.2) is 0 Å². The van der Waals surface area contributed by atoms with Crippen molar-refractivity contribution in [1.29, 1.82) is 0 Å². The highest BCUT2D eigenvalue weighted by molar-refractivity contribution is 8.18. The summed E-state index contributed by atoms with van der Waals surface area (Å²) in [7, 11) is 1.37. The van der Waals surface area contributed by atoms with Gasteiger partial charge in [-0.15, -0.1) is 0 Å². The summed E-state index contributed by atoms with van der Waals surface area (Å²) in [6.45, 7) is 0.211. The molecule has 0 aromatic heterocycles. The molecule has 0 radical (unpaired) electrons. The molecule has 0 aliphatic carbocycles. The predicted octanol–water partition coefficient (Wildman–Crippen LogP) is 5.58. The van der Waals surface area contributed by atoms with E-state index in [2.05, 4.69) is 0 Å². The first-order valence-corrected chi connectivity index (χ1v) is 11.7. The van der Waals surface area contributed by atoms with E-state index in [1.807, 2.05) is 30.3 Å². The molecular formula is C25H19N3O8S. The van der Waals surface area contributed by atoms with Crippen molar-refractivity contribution in [3.8, 4) is 17.2 Å². The molecule has 3 aromatic carbocycles. The third kappa shape index (κ3) is 5.59. The lowest BCUT2D eigenvalue weighted by atomic mass is 10.1. The van der Waals surface area contributed by atoms with Crippen LogP contribution in [0, 0.1) is 20.2 Å². The van der Waals surface area contributed by atoms with Crippen LogP contribution in [-0.2, 0) is 11.2 Å². The third-order valence-electron chi connectivity index (χ3n) is 5.42. The molecule has 4 rings (SSSR count). The molecule has 1 fully saturated rings. The van der Waals surface area contributed by atoms with E-state index in [1.54, 1.807) is 18.2 Å². The summed E-state index contributed by atoms with van der Waals surface area (Å²) in [5.74, 6) is -0.491. The van der Waals surface area contributed by atoms with E-state index in [4.69, 9.17) is 9.47 Å². The third-order valence-corrected chi connectivity index (χ3v) is 6.33. The minimum Gasteiger partial charge on any atom is -0.493 e. The lowest BCUT2D eigenvalue weighted by Gasteiger charge is -2.14. The van der Waals surface area contributed by atoms with Crippen LogP contribution in [0.1, 0.15) is 11.1 Å². The Labute approximate surface area is 214 Å². The number of nitro groups is 2. The number of imide groups is 1. The standard InChI is InChI=1S/C25H19N3O8S/c1-35-21-9-5-8-17(23(21)36-20-11-10-18(27(31)32)15-19(20)28(33)34)14-22-24(29)26(25(30)37-22)13-12-16-6-3-2-4-7-16/h2-11,14-15H,12-13H2,1H3/b22-14+. The fraction of sp³-hybridized carbons (Fsp3) is 0.120. The lowest BCUT2D eigenvalue weighted by molar-refractivity contribution is -0.394. The van der Waals surface area contributed by atoms with Crippen LogP contribution >= 0.6 is 11.8 Å². The minimum absolute atomic E-state index is 0.0398. The summed E-state index contributed by atoms with van der Waals surface area (Å²) >= 11 is 0.772. The molecule has 3 aromatic rings.